The molecule has 0 aliphatic carbocycles. The van der Waals surface area contributed by atoms with Crippen LogP contribution in [0.3, 0.4) is 0 Å². The third kappa shape index (κ3) is 1.90. The Labute approximate surface area is 86.1 Å². The van der Waals surface area contributed by atoms with Gasteiger partial charge < -0.3 is 5.11 Å². The number of benzene rings is 1. The van der Waals surface area contributed by atoms with E-state index in [4.69, 9.17) is 16.7 Å². The average Bonchev–Trinajstić information content (AvgIpc) is 2.11. The largest absolute Gasteiger partial charge is 0.477 e. The standard InChI is InChI=1S/C8H3ClF4O2/c9-3-1-2-4(10)6(11)5(3)8(12,13)7(14)15/h1-2H,(H,14,15). The van der Waals surface area contributed by atoms with E-state index in [2.05, 4.69) is 0 Å². The van der Waals surface area contributed by atoms with Crippen LogP contribution >= 0.6 is 11.6 Å². The molecule has 0 aromatic heterocycles. The molecule has 82 valence electrons. The topological polar surface area (TPSA) is 37.3 Å². The molecule has 2 nitrogen and oxygen atoms in total. The fraction of sp³-hybridized carbons (Fsp3) is 0.125. The van der Waals surface area contributed by atoms with Gasteiger partial charge in [0.1, 0.15) is 0 Å². The van der Waals surface area contributed by atoms with Crippen LogP contribution in [0.15, 0.2) is 12.1 Å². The van der Waals surface area contributed by atoms with E-state index in [9.17, 15) is 22.4 Å². The summed E-state index contributed by atoms with van der Waals surface area (Å²) in [4.78, 5) is 10.1. The van der Waals surface area contributed by atoms with Gasteiger partial charge in [-0.1, -0.05) is 11.6 Å². The summed E-state index contributed by atoms with van der Waals surface area (Å²) in [5, 5.41) is 7.29. The third-order valence-electron chi connectivity index (χ3n) is 1.63. The molecule has 0 fully saturated rings. The minimum Gasteiger partial charge on any atom is -0.477 e. The second-order valence-corrected chi connectivity index (χ2v) is 3.00. The zero-order chi connectivity index (χ0) is 11.8. The molecule has 0 spiro atoms. The van der Waals surface area contributed by atoms with E-state index in [0.717, 1.165) is 0 Å². The molecule has 1 aromatic rings. The first-order chi connectivity index (χ1) is 6.78. The molecule has 7 heteroatoms. The molecule has 0 aliphatic rings. The zero-order valence-corrected chi connectivity index (χ0v) is 7.66. The molecule has 1 rings (SSSR count). The number of aliphatic carboxylic acids is 1. The molecule has 0 heterocycles. The van der Waals surface area contributed by atoms with Gasteiger partial charge in [-0.25, -0.2) is 13.6 Å². The van der Waals surface area contributed by atoms with E-state index in [1.807, 2.05) is 0 Å². The van der Waals surface area contributed by atoms with Crippen molar-refractivity contribution in [2.45, 2.75) is 5.92 Å². The van der Waals surface area contributed by atoms with Gasteiger partial charge in [0.05, 0.1) is 10.6 Å². The first-order valence-corrected chi connectivity index (χ1v) is 3.91. The Bertz CT molecular complexity index is 419. The highest BCUT2D eigenvalue weighted by Crippen LogP contribution is 2.36. The van der Waals surface area contributed by atoms with Gasteiger partial charge >= 0.3 is 11.9 Å². The van der Waals surface area contributed by atoms with Crippen LogP contribution in [-0.4, -0.2) is 11.1 Å². The molecule has 1 N–H and O–H groups in total. The van der Waals surface area contributed by atoms with Crippen molar-refractivity contribution in [2.24, 2.45) is 0 Å². The molecule has 0 aliphatic heterocycles. The number of carboxylic acid groups (broad SMARTS) is 1. The van der Waals surface area contributed by atoms with Gasteiger partial charge in [-0.05, 0) is 12.1 Å². The van der Waals surface area contributed by atoms with Gasteiger partial charge in [0, 0.05) is 0 Å². The fourth-order valence-corrected chi connectivity index (χ4v) is 1.19. The Morgan fingerprint density at radius 1 is 1.33 bits per heavy atom. The summed E-state index contributed by atoms with van der Waals surface area (Å²) in [6.45, 7) is 0. The van der Waals surface area contributed by atoms with Crippen LogP contribution in [-0.2, 0) is 10.7 Å². The second-order valence-electron chi connectivity index (χ2n) is 2.60. The Morgan fingerprint density at radius 3 is 2.33 bits per heavy atom. The molecule has 0 amide bonds. The SMILES string of the molecule is O=C(O)C(F)(F)c1c(Cl)ccc(F)c1F. The maximum Gasteiger partial charge on any atom is 0.379 e. The molecule has 0 saturated heterocycles. The summed E-state index contributed by atoms with van der Waals surface area (Å²) in [6.07, 6.45) is 0. The Balaban J connectivity index is 3.49. The number of carbonyl (C=O) groups is 1. The van der Waals surface area contributed by atoms with Crippen molar-refractivity contribution < 1.29 is 27.5 Å². The van der Waals surface area contributed by atoms with E-state index in [1.54, 1.807) is 0 Å². The highest BCUT2D eigenvalue weighted by molar-refractivity contribution is 6.31. The van der Waals surface area contributed by atoms with Crippen molar-refractivity contribution in [1.29, 1.82) is 0 Å². The van der Waals surface area contributed by atoms with Gasteiger partial charge in [-0.3, -0.25) is 0 Å². The van der Waals surface area contributed by atoms with E-state index < -0.39 is 34.1 Å². The van der Waals surface area contributed by atoms with Crippen molar-refractivity contribution in [3.8, 4) is 0 Å². The minimum atomic E-state index is -4.57. The average molecular weight is 243 g/mol. The third-order valence-corrected chi connectivity index (χ3v) is 1.94. The maximum atomic E-state index is 12.9. The number of hydrogen-bond acceptors (Lipinski definition) is 1. The lowest BCUT2D eigenvalue weighted by Gasteiger charge is -2.13. The van der Waals surface area contributed by atoms with Gasteiger partial charge in [0.25, 0.3) is 0 Å². The highest BCUT2D eigenvalue weighted by atomic mass is 35.5. The number of halogens is 5. The minimum absolute atomic E-state index is 0.527. The second kappa shape index (κ2) is 3.69. The molecule has 1 aromatic carbocycles. The molecule has 0 radical (unpaired) electrons. The van der Waals surface area contributed by atoms with Crippen LogP contribution in [0.4, 0.5) is 17.6 Å². The van der Waals surface area contributed by atoms with Crippen molar-refractivity contribution in [1.82, 2.24) is 0 Å². The van der Waals surface area contributed by atoms with Crippen LogP contribution < -0.4 is 0 Å². The van der Waals surface area contributed by atoms with Crippen molar-refractivity contribution in [3.05, 3.63) is 34.4 Å². The van der Waals surface area contributed by atoms with Crippen molar-refractivity contribution in [2.75, 3.05) is 0 Å². The van der Waals surface area contributed by atoms with Gasteiger partial charge in [-0.2, -0.15) is 8.78 Å². The molecule has 0 saturated carbocycles. The van der Waals surface area contributed by atoms with Crippen molar-refractivity contribution >= 4 is 17.6 Å². The molecule has 0 bridgehead atoms. The molecule has 0 unspecified atom stereocenters. The summed E-state index contributed by atoms with van der Waals surface area (Å²) in [7, 11) is 0. The van der Waals surface area contributed by atoms with E-state index in [1.165, 1.54) is 0 Å². The lowest BCUT2D eigenvalue weighted by atomic mass is 10.1. The smallest absolute Gasteiger partial charge is 0.379 e. The maximum absolute atomic E-state index is 12.9. The van der Waals surface area contributed by atoms with Gasteiger partial charge in [0.15, 0.2) is 11.6 Å². The van der Waals surface area contributed by atoms with Crippen LogP contribution in [0.1, 0.15) is 5.56 Å². The van der Waals surface area contributed by atoms with Crippen LogP contribution in [0, 0.1) is 11.6 Å². The normalized spacial score (nSPS) is 11.5. The lowest BCUT2D eigenvalue weighted by Crippen LogP contribution is -2.27. The molecular formula is C8H3ClF4O2. The summed E-state index contributed by atoms with van der Waals surface area (Å²) in [6, 6.07) is 1.19. The number of rotatable bonds is 2. The summed E-state index contributed by atoms with van der Waals surface area (Å²) >= 11 is 5.18. The van der Waals surface area contributed by atoms with Crippen LogP contribution in [0.2, 0.25) is 5.02 Å². The van der Waals surface area contributed by atoms with Crippen molar-refractivity contribution in [3.63, 3.8) is 0 Å². The lowest BCUT2D eigenvalue weighted by molar-refractivity contribution is -0.166. The number of hydrogen-bond donors (Lipinski definition) is 1. The number of alkyl halides is 2. The predicted molar refractivity (Wildman–Crippen MR) is 42.9 cm³/mol. The quantitative estimate of drug-likeness (QED) is 0.640. The van der Waals surface area contributed by atoms with Gasteiger partial charge in [0.2, 0.25) is 0 Å². The monoisotopic (exact) mass is 242 g/mol. The van der Waals surface area contributed by atoms with E-state index >= 15 is 0 Å². The Kier molecular flexibility index (Phi) is 2.90. The van der Waals surface area contributed by atoms with E-state index in [0.29, 0.717) is 12.1 Å². The Hall–Kier alpha value is -1.30. The predicted octanol–water partition coefficient (Wildman–Crippen LogP) is 2.79. The molecular weight excluding hydrogens is 240 g/mol. The van der Waals surface area contributed by atoms with Crippen LogP contribution in [0.25, 0.3) is 0 Å². The first kappa shape index (κ1) is 11.8. The summed E-state index contributed by atoms with van der Waals surface area (Å²) in [5.41, 5.74) is -1.67. The molecule has 15 heavy (non-hydrogen) atoms. The molecule has 0 atom stereocenters. The summed E-state index contributed by atoms with van der Waals surface area (Å²) < 4.78 is 51.3. The fourth-order valence-electron chi connectivity index (χ4n) is 0.922. The van der Waals surface area contributed by atoms with E-state index in [-0.39, 0.29) is 0 Å². The van der Waals surface area contributed by atoms with Crippen LogP contribution in [0.5, 0.6) is 0 Å². The number of carboxylic acids is 1. The Morgan fingerprint density at radius 2 is 1.87 bits per heavy atom. The zero-order valence-electron chi connectivity index (χ0n) is 6.90. The highest BCUT2D eigenvalue weighted by Gasteiger charge is 2.46. The first-order valence-electron chi connectivity index (χ1n) is 3.53. The summed E-state index contributed by atoms with van der Waals surface area (Å²) in [5.74, 6) is -10.7. The van der Waals surface area contributed by atoms with Gasteiger partial charge in [-0.15, -0.1) is 0 Å².